The van der Waals surface area contributed by atoms with Crippen LogP contribution in [0.2, 0.25) is 0 Å². The summed E-state index contributed by atoms with van der Waals surface area (Å²) >= 11 is 0. The zero-order chi connectivity index (χ0) is 15.5. The van der Waals surface area contributed by atoms with Crippen LogP contribution in [0.4, 0.5) is 0 Å². The second-order valence-electron chi connectivity index (χ2n) is 4.71. The number of hydrazine groups is 1. The van der Waals surface area contributed by atoms with Gasteiger partial charge in [-0.1, -0.05) is 42.5 Å². The van der Waals surface area contributed by atoms with Gasteiger partial charge in [0.1, 0.15) is 0 Å². The van der Waals surface area contributed by atoms with E-state index in [0.717, 1.165) is 10.6 Å². The fourth-order valence-corrected chi connectivity index (χ4v) is 2.17. The minimum Gasteiger partial charge on any atom is -0.268 e. The number of fused-ring (bicyclic) bond motifs is 1. The largest absolute Gasteiger partial charge is 0.280 e. The number of rotatable bonds is 3. The standard InChI is InChI=1S/C17H12N2O3/c20-15(11-10-12-6-2-1-3-7-12)18-19-16(21)13-8-4-5-9-14(13)17(19)22/h1-11H,(H,18,20)/b11-10+. The Bertz CT molecular complexity index is 747. The molecule has 5 heteroatoms. The van der Waals surface area contributed by atoms with Crippen molar-refractivity contribution >= 4 is 23.8 Å². The van der Waals surface area contributed by atoms with Gasteiger partial charge in [-0.05, 0) is 23.8 Å². The number of carbonyl (C=O) groups excluding carboxylic acids is 3. The van der Waals surface area contributed by atoms with Gasteiger partial charge in [0.2, 0.25) is 0 Å². The van der Waals surface area contributed by atoms with Gasteiger partial charge in [0, 0.05) is 6.08 Å². The van der Waals surface area contributed by atoms with Gasteiger partial charge in [-0.3, -0.25) is 19.8 Å². The maximum absolute atomic E-state index is 12.1. The Morgan fingerprint density at radius 1 is 0.864 bits per heavy atom. The summed E-state index contributed by atoms with van der Waals surface area (Å²) in [5.41, 5.74) is 3.73. The lowest BCUT2D eigenvalue weighted by atomic mass is 10.1. The lowest BCUT2D eigenvalue weighted by Crippen LogP contribution is -2.45. The van der Waals surface area contributed by atoms with Crippen LogP contribution in [0.25, 0.3) is 6.08 Å². The van der Waals surface area contributed by atoms with E-state index in [1.807, 2.05) is 30.3 Å². The molecule has 22 heavy (non-hydrogen) atoms. The van der Waals surface area contributed by atoms with E-state index in [2.05, 4.69) is 5.43 Å². The molecule has 3 amide bonds. The minimum absolute atomic E-state index is 0.292. The first-order chi connectivity index (χ1) is 10.7. The van der Waals surface area contributed by atoms with Gasteiger partial charge in [-0.25, -0.2) is 0 Å². The van der Waals surface area contributed by atoms with Crippen molar-refractivity contribution in [2.75, 3.05) is 0 Å². The molecule has 3 rings (SSSR count). The third-order valence-electron chi connectivity index (χ3n) is 3.24. The lowest BCUT2D eigenvalue weighted by Gasteiger charge is -2.13. The normalized spacial score (nSPS) is 13.5. The predicted octanol–water partition coefficient (Wildman–Crippen LogP) is 2.03. The van der Waals surface area contributed by atoms with Crippen LogP contribution < -0.4 is 5.43 Å². The number of carbonyl (C=O) groups is 3. The van der Waals surface area contributed by atoms with Crippen molar-refractivity contribution in [3.8, 4) is 0 Å². The van der Waals surface area contributed by atoms with Crippen LogP contribution in [-0.4, -0.2) is 22.7 Å². The topological polar surface area (TPSA) is 66.5 Å². The Balaban J connectivity index is 1.72. The van der Waals surface area contributed by atoms with Gasteiger partial charge in [-0.2, -0.15) is 5.01 Å². The van der Waals surface area contributed by atoms with Crippen molar-refractivity contribution < 1.29 is 14.4 Å². The fourth-order valence-electron chi connectivity index (χ4n) is 2.17. The number of amides is 3. The Morgan fingerprint density at radius 2 is 1.41 bits per heavy atom. The van der Waals surface area contributed by atoms with Gasteiger partial charge in [0.15, 0.2) is 0 Å². The molecule has 1 aliphatic heterocycles. The summed E-state index contributed by atoms with van der Waals surface area (Å²) in [4.78, 5) is 36.0. The summed E-state index contributed by atoms with van der Waals surface area (Å²) in [5.74, 6) is -1.59. The van der Waals surface area contributed by atoms with Crippen LogP contribution in [0, 0.1) is 0 Å². The van der Waals surface area contributed by atoms with E-state index in [1.54, 1.807) is 30.3 Å². The molecule has 0 radical (unpaired) electrons. The number of benzene rings is 2. The highest BCUT2D eigenvalue weighted by Crippen LogP contribution is 2.20. The first kappa shape index (κ1) is 13.8. The second kappa shape index (κ2) is 5.65. The molecule has 1 aliphatic rings. The van der Waals surface area contributed by atoms with Crippen LogP contribution in [0.15, 0.2) is 60.7 Å². The van der Waals surface area contributed by atoms with E-state index in [9.17, 15) is 14.4 Å². The Hall–Kier alpha value is -3.21. The van der Waals surface area contributed by atoms with Crippen molar-refractivity contribution in [1.29, 1.82) is 0 Å². The number of hydrogen-bond donors (Lipinski definition) is 1. The summed E-state index contributed by atoms with van der Waals surface area (Å²) < 4.78 is 0. The molecule has 0 bridgehead atoms. The van der Waals surface area contributed by atoms with Crippen molar-refractivity contribution in [3.63, 3.8) is 0 Å². The van der Waals surface area contributed by atoms with Gasteiger partial charge in [0.05, 0.1) is 11.1 Å². The number of hydrogen-bond acceptors (Lipinski definition) is 3. The highest BCUT2D eigenvalue weighted by Gasteiger charge is 2.36. The molecule has 0 atom stereocenters. The van der Waals surface area contributed by atoms with E-state index < -0.39 is 17.7 Å². The molecule has 5 nitrogen and oxygen atoms in total. The van der Waals surface area contributed by atoms with E-state index in [0.29, 0.717) is 11.1 Å². The van der Waals surface area contributed by atoms with Crippen LogP contribution in [0.5, 0.6) is 0 Å². The molecule has 0 saturated carbocycles. The van der Waals surface area contributed by atoms with Crippen LogP contribution in [0.1, 0.15) is 26.3 Å². The molecule has 1 N–H and O–H groups in total. The van der Waals surface area contributed by atoms with E-state index in [4.69, 9.17) is 0 Å². The Labute approximate surface area is 126 Å². The van der Waals surface area contributed by atoms with Crippen molar-refractivity contribution in [3.05, 3.63) is 77.4 Å². The molecule has 2 aromatic rings. The fraction of sp³-hybridized carbons (Fsp3) is 0. The van der Waals surface area contributed by atoms with Gasteiger partial charge >= 0.3 is 0 Å². The van der Waals surface area contributed by atoms with Crippen LogP contribution in [-0.2, 0) is 4.79 Å². The molecule has 0 aliphatic carbocycles. The zero-order valence-corrected chi connectivity index (χ0v) is 11.5. The van der Waals surface area contributed by atoms with Crippen molar-refractivity contribution in [1.82, 2.24) is 10.4 Å². The average molecular weight is 292 g/mol. The highest BCUT2D eigenvalue weighted by atomic mass is 16.2. The number of nitrogens with zero attached hydrogens (tertiary/aromatic N) is 1. The van der Waals surface area contributed by atoms with Crippen molar-refractivity contribution in [2.45, 2.75) is 0 Å². The Morgan fingerprint density at radius 3 is 2.00 bits per heavy atom. The second-order valence-corrected chi connectivity index (χ2v) is 4.71. The van der Waals surface area contributed by atoms with Crippen molar-refractivity contribution in [2.24, 2.45) is 0 Å². The van der Waals surface area contributed by atoms with Gasteiger partial charge < -0.3 is 0 Å². The molecule has 1 heterocycles. The molecule has 0 unspecified atom stereocenters. The smallest absolute Gasteiger partial charge is 0.268 e. The van der Waals surface area contributed by atoms with Crippen LogP contribution in [0.3, 0.4) is 0 Å². The van der Waals surface area contributed by atoms with Gasteiger partial charge in [-0.15, -0.1) is 0 Å². The molecule has 2 aromatic carbocycles. The Kier molecular flexibility index (Phi) is 3.53. The monoisotopic (exact) mass is 292 g/mol. The summed E-state index contributed by atoms with van der Waals surface area (Å²) in [6.45, 7) is 0. The predicted molar refractivity (Wildman–Crippen MR) is 80.6 cm³/mol. The quantitative estimate of drug-likeness (QED) is 0.695. The summed E-state index contributed by atoms with van der Waals surface area (Å²) in [6.07, 6.45) is 2.88. The first-order valence-corrected chi connectivity index (χ1v) is 6.68. The summed E-state index contributed by atoms with van der Waals surface area (Å²) in [6, 6.07) is 15.7. The van der Waals surface area contributed by atoms with E-state index in [-0.39, 0.29) is 0 Å². The van der Waals surface area contributed by atoms with E-state index in [1.165, 1.54) is 6.08 Å². The average Bonchev–Trinajstić information content (AvgIpc) is 2.79. The summed E-state index contributed by atoms with van der Waals surface area (Å²) in [7, 11) is 0. The highest BCUT2D eigenvalue weighted by molar-refractivity contribution is 6.21. The third-order valence-corrected chi connectivity index (χ3v) is 3.24. The molecule has 0 aromatic heterocycles. The van der Waals surface area contributed by atoms with E-state index >= 15 is 0 Å². The lowest BCUT2D eigenvalue weighted by molar-refractivity contribution is -0.119. The zero-order valence-electron chi connectivity index (χ0n) is 11.5. The maximum Gasteiger partial charge on any atom is 0.280 e. The maximum atomic E-state index is 12.1. The molecular weight excluding hydrogens is 280 g/mol. The number of nitrogens with one attached hydrogen (secondary N) is 1. The minimum atomic E-state index is -0.543. The molecule has 0 fully saturated rings. The number of imide groups is 1. The first-order valence-electron chi connectivity index (χ1n) is 6.68. The molecule has 0 spiro atoms. The molecular formula is C17H12N2O3. The van der Waals surface area contributed by atoms with Crippen LogP contribution >= 0.6 is 0 Å². The SMILES string of the molecule is O=C(/C=C/c1ccccc1)NN1C(=O)c2ccccc2C1=O. The molecule has 0 saturated heterocycles. The van der Waals surface area contributed by atoms with Gasteiger partial charge in [0.25, 0.3) is 17.7 Å². The summed E-state index contributed by atoms with van der Waals surface area (Å²) in [5, 5.41) is 0.738. The third kappa shape index (κ3) is 2.52. The molecule has 108 valence electrons.